The Kier molecular flexibility index (Phi) is 8.64. The Hall–Kier alpha value is -2.90. The molecule has 0 spiro atoms. The van der Waals surface area contributed by atoms with Gasteiger partial charge >= 0.3 is 5.97 Å². The number of nitrogens with zero attached hydrogens (tertiary/aromatic N) is 1. The number of hydrogen-bond donors (Lipinski definition) is 2. The number of carbonyl (C=O) groups is 2. The summed E-state index contributed by atoms with van der Waals surface area (Å²) in [4.78, 5) is 27.4. The van der Waals surface area contributed by atoms with E-state index in [4.69, 9.17) is 14.6 Å². The van der Waals surface area contributed by atoms with Crippen LogP contribution in [0.4, 0.5) is 5.69 Å². The van der Waals surface area contributed by atoms with Gasteiger partial charge in [-0.1, -0.05) is 18.2 Å². The fourth-order valence-electron chi connectivity index (χ4n) is 2.94. The predicted molar refractivity (Wildman–Crippen MR) is 110 cm³/mol. The largest absolute Gasteiger partial charge is 0.507 e. The molecule has 0 amide bonds. The molecule has 0 atom stereocenters. The molecule has 0 aromatic heterocycles. The number of benzene rings is 2. The van der Waals surface area contributed by atoms with Crippen LogP contribution in [0.1, 0.15) is 40.1 Å². The molecule has 2 N–H and O–H groups in total. The van der Waals surface area contributed by atoms with Crippen molar-refractivity contribution in [3.05, 3.63) is 59.2 Å². The summed E-state index contributed by atoms with van der Waals surface area (Å²) >= 11 is 0. The molecule has 7 heteroatoms. The summed E-state index contributed by atoms with van der Waals surface area (Å²) in [5.41, 5.74) is 1.21. The first kappa shape index (κ1) is 22.4. The monoisotopic (exact) mass is 401 g/mol. The van der Waals surface area contributed by atoms with Crippen LogP contribution in [-0.4, -0.2) is 61.5 Å². The first-order valence-corrected chi connectivity index (χ1v) is 9.60. The van der Waals surface area contributed by atoms with E-state index in [9.17, 15) is 14.7 Å². The molecule has 2 aromatic rings. The fourth-order valence-corrected chi connectivity index (χ4v) is 2.94. The minimum absolute atomic E-state index is 0.00513. The summed E-state index contributed by atoms with van der Waals surface area (Å²) in [5.74, 6) is -1.25. The van der Waals surface area contributed by atoms with Crippen molar-refractivity contribution in [1.82, 2.24) is 0 Å². The minimum Gasteiger partial charge on any atom is -0.507 e. The Morgan fingerprint density at radius 3 is 2.24 bits per heavy atom. The van der Waals surface area contributed by atoms with Gasteiger partial charge in [-0.05, 0) is 32.0 Å². The second-order valence-electron chi connectivity index (χ2n) is 6.22. The summed E-state index contributed by atoms with van der Waals surface area (Å²) < 4.78 is 10.2. The van der Waals surface area contributed by atoms with E-state index < -0.39 is 11.8 Å². The third kappa shape index (κ3) is 5.79. The highest BCUT2D eigenvalue weighted by molar-refractivity contribution is 6.15. The number of aliphatic hydroxyl groups is 1. The Morgan fingerprint density at radius 1 is 0.931 bits per heavy atom. The van der Waals surface area contributed by atoms with E-state index in [1.165, 1.54) is 12.1 Å². The van der Waals surface area contributed by atoms with Crippen molar-refractivity contribution >= 4 is 17.4 Å². The van der Waals surface area contributed by atoms with Crippen molar-refractivity contribution in [3.63, 3.8) is 0 Å². The SMILES string of the molecule is CCN(CC)c1ccc(C(=O)c2ccccc2C(=O)OCCOCCO)c(O)c1. The highest BCUT2D eigenvalue weighted by Gasteiger charge is 2.21. The molecule has 156 valence electrons. The minimum atomic E-state index is -0.652. The van der Waals surface area contributed by atoms with Crippen LogP contribution in [0, 0.1) is 0 Å². The maximum atomic E-state index is 13.0. The second-order valence-corrected chi connectivity index (χ2v) is 6.22. The normalized spacial score (nSPS) is 10.6. The predicted octanol–water partition coefficient (Wildman–Crippen LogP) is 2.64. The molecule has 0 aliphatic carbocycles. The van der Waals surface area contributed by atoms with Gasteiger partial charge in [0.05, 0.1) is 30.9 Å². The molecule has 0 heterocycles. The van der Waals surface area contributed by atoms with E-state index in [2.05, 4.69) is 4.90 Å². The smallest absolute Gasteiger partial charge is 0.338 e. The zero-order chi connectivity index (χ0) is 21.2. The Morgan fingerprint density at radius 2 is 1.62 bits per heavy atom. The van der Waals surface area contributed by atoms with Gasteiger partial charge in [0.2, 0.25) is 0 Å². The highest BCUT2D eigenvalue weighted by atomic mass is 16.6. The molecule has 0 saturated heterocycles. The molecule has 0 bridgehead atoms. The van der Waals surface area contributed by atoms with Crippen molar-refractivity contribution < 1.29 is 29.3 Å². The molecule has 2 rings (SSSR count). The van der Waals surface area contributed by atoms with E-state index in [0.717, 1.165) is 18.8 Å². The van der Waals surface area contributed by atoms with E-state index in [1.807, 2.05) is 13.8 Å². The number of phenolic OH excluding ortho intramolecular Hbond substituents is 1. The molecule has 2 aromatic carbocycles. The number of hydrogen-bond acceptors (Lipinski definition) is 7. The van der Waals surface area contributed by atoms with E-state index >= 15 is 0 Å². The molecule has 29 heavy (non-hydrogen) atoms. The van der Waals surface area contributed by atoms with Crippen molar-refractivity contribution in [3.8, 4) is 5.75 Å². The first-order valence-electron chi connectivity index (χ1n) is 9.60. The summed E-state index contributed by atoms with van der Waals surface area (Å²) in [6, 6.07) is 11.2. The number of carbonyl (C=O) groups excluding carboxylic acids is 2. The standard InChI is InChI=1S/C22H27NO6/c1-3-23(4-2)16-9-10-19(20(25)15-16)21(26)17-7-5-6-8-18(17)22(27)29-14-13-28-12-11-24/h5-10,15,24-25H,3-4,11-14H2,1-2H3. The highest BCUT2D eigenvalue weighted by Crippen LogP contribution is 2.27. The molecule has 0 unspecified atom stereocenters. The van der Waals surface area contributed by atoms with Crippen LogP contribution in [-0.2, 0) is 9.47 Å². The van der Waals surface area contributed by atoms with Crippen LogP contribution in [0.2, 0.25) is 0 Å². The lowest BCUT2D eigenvalue weighted by molar-refractivity contribution is 0.0257. The lowest BCUT2D eigenvalue weighted by Gasteiger charge is -2.21. The zero-order valence-electron chi connectivity index (χ0n) is 16.8. The van der Waals surface area contributed by atoms with Crippen LogP contribution in [0.25, 0.3) is 0 Å². The van der Waals surface area contributed by atoms with Crippen LogP contribution < -0.4 is 4.90 Å². The quantitative estimate of drug-likeness (QED) is 0.339. The van der Waals surface area contributed by atoms with Gasteiger partial charge in [0.1, 0.15) is 12.4 Å². The average molecular weight is 401 g/mol. The molecular weight excluding hydrogens is 374 g/mol. The number of aromatic hydroxyl groups is 1. The Balaban J connectivity index is 2.20. The number of ketones is 1. The molecule has 0 radical (unpaired) electrons. The van der Waals surface area contributed by atoms with Gasteiger partial charge in [-0.25, -0.2) is 4.79 Å². The lowest BCUT2D eigenvalue weighted by Crippen LogP contribution is -2.21. The number of aliphatic hydroxyl groups excluding tert-OH is 1. The number of ether oxygens (including phenoxy) is 2. The molecule has 7 nitrogen and oxygen atoms in total. The van der Waals surface area contributed by atoms with Crippen molar-refractivity contribution in [1.29, 1.82) is 0 Å². The maximum Gasteiger partial charge on any atom is 0.338 e. The van der Waals surface area contributed by atoms with Gasteiger partial charge in [0, 0.05) is 30.4 Å². The Bertz CT molecular complexity index is 832. The third-order valence-electron chi connectivity index (χ3n) is 4.44. The number of rotatable bonds is 11. The van der Waals surface area contributed by atoms with Gasteiger partial charge in [0.25, 0.3) is 0 Å². The van der Waals surface area contributed by atoms with Crippen molar-refractivity contribution in [2.75, 3.05) is 44.4 Å². The molecule has 0 saturated carbocycles. The van der Waals surface area contributed by atoms with Gasteiger partial charge < -0.3 is 24.6 Å². The van der Waals surface area contributed by atoms with Crippen LogP contribution in [0.3, 0.4) is 0 Å². The second kappa shape index (κ2) is 11.2. The average Bonchev–Trinajstić information content (AvgIpc) is 2.74. The number of anilines is 1. The summed E-state index contributed by atoms with van der Waals surface area (Å²) in [7, 11) is 0. The molecular formula is C22H27NO6. The topological polar surface area (TPSA) is 96.3 Å². The number of esters is 1. The maximum absolute atomic E-state index is 13.0. The van der Waals surface area contributed by atoms with E-state index in [-0.39, 0.29) is 48.9 Å². The van der Waals surface area contributed by atoms with Gasteiger partial charge in [-0.2, -0.15) is 0 Å². The van der Waals surface area contributed by atoms with Crippen LogP contribution >= 0.6 is 0 Å². The van der Waals surface area contributed by atoms with Crippen molar-refractivity contribution in [2.24, 2.45) is 0 Å². The first-order chi connectivity index (χ1) is 14.0. The van der Waals surface area contributed by atoms with Crippen LogP contribution in [0.5, 0.6) is 5.75 Å². The fraction of sp³-hybridized carbons (Fsp3) is 0.364. The van der Waals surface area contributed by atoms with Crippen LogP contribution in [0.15, 0.2) is 42.5 Å². The van der Waals surface area contributed by atoms with Gasteiger partial charge in [0.15, 0.2) is 5.78 Å². The zero-order valence-corrected chi connectivity index (χ0v) is 16.8. The summed E-state index contributed by atoms with van der Waals surface area (Å²) in [6.07, 6.45) is 0. The van der Waals surface area contributed by atoms with Gasteiger partial charge in [-0.3, -0.25) is 4.79 Å². The Labute approximate surface area is 170 Å². The van der Waals surface area contributed by atoms with Crippen molar-refractivity contribution in [2.45, 2.75) is 13.8 Å². The molecule has 0 aliphatic heterocycles. The molecule has 0 aliphatic rings. The summed E-state index contributed by atoms with van der Waals surface area (Å²) in [6.45, 7) is 5.78. The van der Waals surface area contributed by atoms with E-state index in [0.29, 0.717) is 0 Å². The van der Waals surface area contributed by atoms with E-state index in [1.54, 1.807) is 30.3 Å². The van der Waals surface area contributed by atoms with Gasteiger partial charge in [-0.15, -0.1) is 0 Å². The number of phenols is 1. The third-order valence-corrected chi connectivity index (χ3v) is 4.44. The summed E-state index contributed by atoms with van der Waals surface area (Å²) in [5, 5.41) is 19.1. The lowest BCUT2D eigenvalue weighted by atomic mass is 9.97. The molecule has 0 fully saturated rings.